The van der Waals surface area contributed by atoms with E-state index in [1.807, 2.05) is 18.2 Å². The molecule has 0 aromatic heterocycles. The van der Waals surface area contributed by atoms with E-state index >= 15 is 0 Å². The molecule has 0 amide bonds. The summed E-state index contributed by atoms with van der Waals surface area (Å²) in [5.41, 5.74) is 3.75. The molecule has 0 atom stereocenters. The van der Waals surface area contributed by atoms with Crippen LogP contribution in [0, 0.1) is 17.1 Å². The Labute approximate surface area is 130 Å². The summed E-state index contributed by atoms with van der Waals surface area (Å²) >= 11 is 3.44. The van der Waals surface area contributed by atoms with Gasteiger partial charge in [-0.3, -0.25) is 0 Å². The van der Waals surface area contributed by atoms with Gasteiger partial charge >= 0.3 is 0 Å². The van der Waals surface area contributed by atoms with Crippen molar-refractivity contribution in [3.63, 3.8) is 0 Å². The van der Waals surface area contributed by atoms with E-state index in [0.29, 0.717) is 23.5 Å². The van der Waals surface area contributed by atoms with Crippen molar-refractivity contribution in [1.29, 1.82) is 5.26 Å². The van der Waals surface area contributed by atoms with Crippen LogP contribution in [-0.2, 0) is 6.61 Å². The van der Waals surface area contributed by atoms with Gasteiger partial charge in [0.1, 0.15) is 18.2 Å². The van der Waals surface area contributed by atoms with Crippen molar-refractivity contribution in [1.82, 2.24) is 0 Å². The molecular formula is C17H11BrFNO. The molecule has 0 spiro atoms. The van der Waals surface area contributed by atoms with E-state index in [-0.39, 0.29) is 5.82 Å². The molecule has 1 aliphatic heterocycles. The van der Waals surface area contributed by atoms with Gasteiger partial charge < -0.3 is 4.74 Å². The van der Waals surface area contributed by atoms with Gasteiger partial charge in [-0.05, 0) is 48.4 Å². The molecule has 4 heteroatoms. The van der Waals surface area contributed by atoms with Crippen LogP contribution in [0.5, 0.6) is 5.75 Å². The summed E-state index contributed by atoms with van der Waals surface area (Å²) < 4.78 is 20.4. The Hall–Kier alpha value is -2.12. The maximum Gasteiger partial charge on any atom is 0.127 e. The van der Waals surface area contributed by atoms with Crippen LogP contribution in [-0.4, -0.2) is 0 Å². The Morgan fingerprint density at radius 3 is 2.81 bits per heavy atom. The monoisotopic (exact) mass is 343 g/mol. The molecule has 1 aliphatic rings. The van der Waals surface area contributed by atoms with Crippen LogP contribution in [0.1, 0.15) is 23.6 Å². The lowest BCUT2D eigenvalue weighted by atomic mass is 9.91. The highest BCUT2D eigenvalue weighted by Crippen LogP contribution is 2.39. The molecule has 0 unspecified atom stereocenters. The Kier molecular flexibility index (Phi) is 3.52. The smallest absolute Gasteiger partial charge is 0.127 e. The first-order chi connectivity index (χ1) is 10.1. The summed E-state index contributed by atoms with van der Waals surface area (Å²) in [7, 11) is 0. The summed E-state index contributed by atoms with van der Waals surface area (Å²) in [6.07, 6.45) is 0. The molecule has 2 aromatic rings. The summed E-state index contributed by atoms with van der Waals surface area (Å²) in [5.74, 6) is 0.245. The van der Waals surface area contributed by atoms with Crippen LogP contribution in [0.3, 0.4) is 0 Å². The molecular weight excluding hydrogens is 333 g/mol. The van der Waals surface area contributed by atoms with Gasteiger partial charge in [0.25, 0.3) is 0 Å². The molecule has 0 aliphatic carbocycles. The van der Waals surface area contributed by atoms with E-state index in [1.165, 1.54) is 12.1 Å². The molecule has 0 bridgehead atoms. The van der Waals surface area contributed by atoms with Crippen LogP contribution in [0.25, 0.3) is 5.57 Å². The van der Waals surface area contributed by atoms with E-state index < -0.39 is 0 Å². The van der Waals surface area contributed by atoms with Crippen LogP contribution >= 0.6 is 15.9 Å². The molecule has 2 nitrogen and oxygen atoms in total. The SMILES string of the molecule is C/C(C#N)=C1/c2ccc(Br)cc2COc2ccc(F)cc21. The fourth-order valence-corrected chi connectivity index (χ4v) is 2.92. The molecule has 2 aromatic carbocycles. The van der Waals surface area contributed by atoms with Crippen molar-refractivity contribution in [2.24, 2.45) is 0 Å². The van der Waals surface area contributed by atoms with E-state index in [4.69, 9.17) is 4.74 Å². The largest absolute Gasteiger partial charge is 0.488 e. The summed E-state index contributed by atoms with van der Waals surface area (Å²) in [4.78, 5) is 0. The van der Waals surface area contributed by atoms with Crippen molar-refractivity contribution >= 4 is 21.5 Å². The minimum absolute atomic E-state index is 0.346. The number of nitriles is 1. The number of nitrogens with zero attached hydrogens (tertiary/aromatic N) is 1. The van der Waals surface area contributed by atoms with Crippen molar-refractivity contribution in [2.45, 2.75) is 13.5 Å². The number of hydrogen-bond acceptors (Lipinski definition) is 2. The van der Waals surface area contributed by atoms with Crippen LogP contribution < -0.4 is 4.74 Å². The predicted octanol–water partition coefficient (Wildman–Crippen LogP) is 4.83. The van der Waals surface area contributed by atoms with Gasteiger partial charge in [0, 0.05) is 21.2 Å². The van der Waals surface area contributed by atoms with E-state index in [2.05, 4.69) is 22.0 Å². The summed E-state index contributed by atoms with van der Waals surface area (Å²) in [6.45, 7) is 2.12. The van der Waals surface area contributed by atoms with Gasteiger partial charge in [-0.25, -0.2) is 4.39 Å². The Morgan fingerprint density at radius 1 is 1.24 bits per heavy atom. The van der Waals surface area contributed by atoms with Gasteiger partial charge in [0.05, 0.1) is 6.07 Å². The number of allylic oxidation sites excluding steroid dienone is 1. The molecule has 0 fully saturated rings. The minimum Gasteiger partial charge on any atom is -0.488 e. The first-order valence-corrected chi connectivity index (χ1v) is 7.22. The van der Waals surface area contributed by atoms with Crippen molar-refractivity contribution in [3.8, 4) is 11.8 Å². The average Bonchev–Trinajstić information content (AvgIpc) is 2.62. The summed E-state index contributed by atoms with van der Waals surface area (Å²) in [6, 6.07) is 12.4. The molecule has 21 heavy (non-hydrogen) atoms. The van der Waals surface area contributed by atoms with E-state index in [0.717, 1.165) is 21.2 Å². The second-order valence-electron chi connectivity index (χ2n) is 4.84. The Bertz CT molecular complexity index is 805. The van der Waals surface area contributed by atoms with Crippen LogP contribution in [0.15, 0.2) is 46.4 Å². The molecule has 3 rings (SSSR count). The second-order valence-corrected chi connectivity index (χ2v) is 5.76. The topological polar surface area (TPSA) is 33.0 Å². The number of rotatable bonds is 0. The zero-order valence-electron chi connectivity index (χ0n) is 11.3. The van der Waals surface area contributed by atoms with Gasteiger partial charge in [0.15, 0.2) is 0 Å². The third-order valence-corrected chi connectivity index (χ3v) is 3.97. The van der Waals surface area contributed by atoms with Crippen LogP contribution in [0.4, 0.5) is 4.39 Å². The summed E-state index contributed by atoms with van der Waals surface area (Å²) in [5, 5.41) is 9.30. The zero-order valence-corrected chi connectivity index (χ0v) is 12.9. The van der Waals surface area contributed by atoms with Gasteiger partial charge in [-0.2, -0.15) is 5.26 Å². The quantitative estimate of drug-likeness (QED) is 0.642. The number of ether oxygens (including phenoxy) is 1. The van der Waals surface area contributed by atoms with Gasteiger partial charge in [-0.15, -0.1) is 0 Å². The van der Waals surface area contributed by atoms with Crippen LogP contribution in [0.2, 0.25) is 0 Å². The molecule has 0 N–H and O–H groups in total. The van der Waals surface area contributed by atoms with E-state index in [1.54, 1.807) is 13.0 Å². The Morgan fingerprint density at radius 2 is 2.05 bits per heavy atom. The van der Waals surface area contributed by atoms with Gasteiger partial charge in [0.2, 0.25) is 0 Å². The second kappa shape index (κ2) is 5.34. The van der Waals surface area contributed by atoms with E-state index in [9.17, 15) is 9.65 Å². The molecule has 1 heterocycles. The third kappa shape index (κ3) is 2.45. The zero-order chi connectivity index (χ0) is 15.0. The molecule has 104 valence electrons. The van der Waals surface area contributed by atoms with Crippen molar-refractivity contribution < 1.29 is 9.13 Å². The predicted molar refractivity (Wildman–Crippen MR) is 82.2 cm³/mol. The highest BCUT2D eigenvalue weighted by atomic mass is 79.9. The fraction of sp³-hybridized carbons (Fsp3) is 0.118. The molecule has 0 saturated carbocycles. The molecule has 0 radical (unpaired) electrons. The number of fused-ring (bicyclic) bond motifs is 2. The highest BCUT2D eigenvalue weighted by Gasteiger charge is 2.22. The first kappa shape index (κ1) is 13.8. The maximum absolute atomic E-state index is 13.6. The fourth-order valence-electron chi connectivity index (χ4n) is 2.51. The number of halogens is 2. The lowest BCUT2D eigenvalue weighted by Gasteiger charge is -2.11. The number of benzene rings is 2. The standard InChI is InChI=1S/C17H11BrFNO/c1-10(8-20)17-14-4-2-12(18)6-11(14)9-21-16-5-3-13(19)7-15(16)17/h2-7H,9H2,1H3/b17-10+. The van der Waals surface area contributed by atoms with Crippen molar-refractivity contribution in [3.05, 3.63) is 69.0 Å². The Balaban J connectivity index is 2.36. The third-order valence-electron chi connectivity index (χ3n) is 3.47. The molecule has 0 saturated heterocycles. The minimum atomic E-state index is -0.346. The normalized spacial score (nSPS) is 15.1. The number of hydrogen-bond donors (Lipinski definition) is 0. The van der Waals surface area contributed by atoms with Gasteiger partial charge in [-0.1, -0.05) is 22.0 Å². The maximum atomic E-state index is 13.6. The lowest BCUT2D eigenvalue weighted by Crippen LogP contribution is -1.96. The first-order valence-electron chi connectivity index (χ1n) is 6.42. The highest BCUT2D eigenvalue weighted by molar-refractivity contribution is 9.10. The van der Waals surface area contributed by atoms with Crippen molar-refractivity contribution in [2.75, 3.05) is 0 Å². The lowest BCUT2D eigenvalue weighted by molar-refractivity contribution is 0.306. The average molecular weight is 344 g/mol.